The molecule has 5 nitrogen and oxygen atoms in total. The van der Waals surface area contributed by atoms with E-state index in [9.17, 15) is 9.59 Å². The molecule has 114 valence electrons. The summed E-state index contributed by atoms with van der Waals surface area (Å²) in [6.45, 7) is 10.6. The Kier molecular flexibility index (Phi) is 9.88. The minimum Gasteiger partial charge on any atom is -0.458 e. The zero-order valence-electron chi connectivity index (χ0n) is 12.5. The van der Waals surface area contributed by atoms with Crippen molar-refractivity contribution >= 4 is 24.3 Å². The highest BCUT2D eigenvalue weighted by atomic mass is 35.5. The summed E-state index contributed by atoms with van der Waals surface area (Å²) in [5, 5.41) is 0. The maximum atomic E-state index is 11.6. The highest BCUT2D eigenvalue weighted by Gasteiger charge is 2.29. The van der Waals surface area contributed by atoms with Crippen LogP contribution in [0.4, 0.5) is 0 Å². The zero-order chi connectivity index (χ0) is 14.5. The molecule has 0 saturated heterocycles. The van der Waals surface area contributed by atoms with Gasteiger partial charge in [-0.15, -0.1) is 12.4 Å². The van der Waals surface area contributed by atoms with Crippen LogP contribution in [0.2, 0.25) is 0 Å². The van der Waals surface area contributed by atoms with Crippen molar-refractivity contribution in [3.8, 4) is 0 Å². The molecular weight excluding hydrogens is 270 g/mol. The van der Waals surface area contributed by atoms with Gasteiger partial charge in [0.2, 0.25) is 0 Å². The Morgan fingerprint density at radius 2 is 1.37 bits per heavy atom. The Balaban J connectivity index is 0. The van der Waals surface area contributed by atoms with Crippen LogP contribution in [-0.4, -0.2) is 30.2 Å². The lowest BCUT2D eigenvalue weighted by Crippen LogP contribution is -2.41. The van der Waals surface area contributed by atoms with Gasteiger partial charge in [-0.25, -0.2) is 0 Å². The summed E-state index contributed by atoms with van der Waals surface area (Å²) >= 11 is 0. The molecular formula is C13H26ClNO4. The SMILES string of the molecule is CC(C)C(=O)O[C@H](C(C)C)[C@H](C)OC(=O)[C@H](C)N.Cl. The van der Waals surface area contributed by atoms with Crippen LogP contribution in [0.5, 0.6) is 0 Å². The Bertz CT molecular complexity index is 292. The Hall–Kier alpha value is -0.810. The van der Waals surface area contributed by atoms with Crippen molar-refractivity contribution in [2.45, 2.75) is 59.8 Å². The van der Waals surface area contributed by atoms with Gasteiger partial charge in [-0.05, 0) is 19.8 Å². The predicted octanol–water partition coefficient (Wildman–Crippen LogP) is 1.91. The molecule has 0 aliphatic rings. The van der Waals surface area contributed by atoms with Crippen LogP contribution in [0.25, 0.3) is 0 Å². The van der Waals surface area contributed by atoms with E-state index in [2.05, 4.69) is 0 Å². The Labute approximate surface area is 121 Å². The summed E-state index contributed by atoms with van der Waals surface area (Å²) in [7, 11) is 0. The first-order valence-corrected chi connectivity index (χ1v) is 6.33. The monoisotopic (exact) mass is 295 g/mol. The van der Waals surface area contributed by atoms with E-state index in [1.807, 2.05) is 13.8 Å². The van der Waals surface area contributed by atoms with Crippen LogP contribution in [0, 0.1) is 11.8 Å². The molecule has 0 aromatic rings. The van der Waals surface area contributed by atoms with E-state index < -0.39 is 24.2 Å². The first-order valence-electron chi connectivity index (χ1n) is 6.33. The molecule has 0 aliphatic heterocycles. The molecule has 6 heteroatoms. The molecule has 2 N–H and O–H groups in total. The van der Waals surface area contributed by atoms with Crippen LogP contribution in [-0.2, 0) is 19.1 Å². The van der Waals surface area contributed by atoms with Gasteiger partial charge in [-0.1, -0.05) is 27.7 Å². The Morgan fingerprint density at radius 1 is 0.895 bits per heavy atom. The minimum atomic E-state index is -0.680. The fourth-order valence-corrected chi connectivity index (χ4v) is 1.40. The minimum absolute atomic E-state index is 0. The predicted molar refractivity (Wildman–Crippen MR) is 76.0 cm³/mol. The van der Waals surface area contributed by atoms with Crippen molar-refractivity contribution in [2.24, 2.45) is 17.6 Å². The first-order chi connectivity index (χ1) is 8.16. The van der Waals surface area contributed by atoms with Gasteiger partial charge in [-0.3, -0.25) is 9.59 Å². The lowest BCUT2D eigenvalue weighted by molar-refractivity contribution is -0.173. The molecule has 0 aromatic heterocycles. The van der Waals surface area contributed by atoms with Gasteiger partial charge in [0.05, 0.1) is 5.92 Å². The van der Waals surface area contributed by atoms with Crippen molar-refractivity contribution < 1.29 is 19.1 Å². The van der Waals surface area contributed by atoms with Crippen LogP contribution >= 0.6 is 12.4 Å². The van der Waals surface area contributed by atoms with E-state index in [-0.39, 0.29) is 30.2 Å². The molecule has 0 bridgehead atoms. The van der Waals surface area contributed by atoms with Crippen LogP contribution in [0.15, 0.2) is 0 Å². The summed E-state index contributed by atoms with van der Waals surface area (Å²) in [5.41, 5.74) is 5.43. The Morgan fingerprint density at radius 3 is 1.68 bits per heavy atom. The highest BCUT2D eigenvalue weighted by molar-refractivity contribution is 5.85. The molecule has 0 rings (SSSR count). The molecule has 0 spiro atoms. The maximum Gasteiger partial charge on any atom is 0.323 e. The number of hydrogen-bond donors (Lipinski definition) is 1. The van der Waals surface area contributed by atoms with E-state index in [1.54, 1.807) is 27.7 Å². The second-order valence-electron chi connectivity index (χ2n) is 5.23. The second-order valence-corrected chi connectivity index (χ2v) is 5.23. The fourth-order valence-electron chi connectivity index (χ4n) is 1.40. The normalized spacial score (nSPS) is 15.4. The summed E-state index contributed by atoms with van der Waals surface area (Å²) in [6, 6.07) is -0.680. The van der Waals surface area contributed by atoms with Gasteiger partial charge in [-0.2, -0.15) is 0 Å². The number of nitrogens with two attached hydrogens (primary N) is 1. The van der Waals surface area contributed by atoms with E-state index in [0.29, 0.717) is 0 Å². The highest BCUT2D eigenvalue weighted by Crippen LogP contribution is 2.16. The largest absolute Gasteiger partial charge is 0.458 e. The quantitative estimate of drug-likeness (QED) is 0.757. The van der Waals surface area contributed by atoms with Gasteiger partial charge in [0.25, 0.3) is 0 Å². The number of esters is 2. The van der Waals surface area contributed by atoms with Crippen LogP contribution in [0.3, 0.4) is 0 Å². The van der Waals surface area contributed by atoms with Gasteiger partial charge in [0.15, 0.2) is 0 Å². The zero-order valence-corrected chi connectivity index (χ0v) is 13.3. The average Bonchev–Trinajstić information content (AvgIpc) is 2.24. The number of hydrogen-bond acceptors (Lipinski definition) is 5. The van der Waals surface area contributed by atoms with Crippen molar-refractivity contribution in [1.82, 2.24) is 0 Å². The number of carbonyl (C=O) groups excluding carboxylic acids is 2. The molecule has 0 unspecified atom stereocenters. The second kappa shape index (κ2) is 9.15. The molecule has 0 amide bonds. The molecule has 0 saturated carbocycles. The number of ether oxygens (including phenoxy) is 2. The van der Waals surface area contributed by atoms with Crippen molar-refractivity contribution in [2.75, 3.05) is 0 Å². The summed E-state index contributed by atoms with van der Waals surface area (Å²) in [5.74, 6) is -0.933. The van der Waals surface area contributed by atoms with Crippen molar-refractivity contribution in [1.29, 1.82) is 0 Å². The van der Waals surface area contributed by atoms with Gasteiger partial charge >= 0.3 is 11.9 Å². The third-order valence-corrected chi connectivity index (χ3v) is 2.52. The van der Waals surface area contributed by atoms with E-state index in [4.69, 9.17) is 15.2 Å². The summed E-state index contributed by atoms with van der Waals surface area (Å²) in [4.78, 5) is 23.0. The van der Waals surface area contributed by atoms with Gasteiger partial charge < -0.3 is 15.2 Å². The molecule has 0 aromatic carbocycles. The van der Waals surface area contributed by atoms with Crippen LogP contribution in [0.1, 0.15) is 41.5 Å². The molecule has 19 heavy (non-hydrogen) atoms. The third-order valence-electron chi connectivity index (χ3n) is 2.52. The number of carbonyl (C=O) groups is 2. The van der Waals surface area contributed by atoms with Crippen molar-refractivity contribution in [3.05, 3.63) is 0 Å². The van der Waals surface area contributed by atoms with Gasteiger partial charge in [0.1, 0.15) is 18.2 Å². The smallest absolute Gasteiger partial charge is 0.323 e. The first kappa shape index (κ1) is 20.5. The van der Waals surface area contributed by atoms with E-state index in [1.165, 1.54) is 0 Å². The number of halogens is 1. The average molecular weight is 296 g/mol. The number of rotatable bonds is 6. The van der Waals surface area contributed by atoms with Crippen molar-refractivity contribution in [3.63, 3.8) is 0 Å². The molecule has 0 radical (unpaired) electrons. The summed E-state index contributed by atoms with van der Waals surface area (Å²) < 4.78 is 10.5. The third kappa shape index (κ3) is 7.38. The van der Waals surface area contributed by atoms with Crippen LogP contribution < -0.4 is 5.73 Å². The molecule has 0 fully saturated rings. The standard InChI is InChI=1S/C13H25NO4.ClH/c1-7(2)11(18-12(15)8(3)4)10(6)17-13(16)9(5)14;/h7-11H,14H2,1-6H3;1H/t9-,10-,11+;/m0./s1. The fraction of sp³-hybridized carbons (Fsp3) is 0.846. The molecule has 0 heterocycles. The van der Waals surface area contributed by atoms with E-state index >= 15 is 0 Å². The maximum absolute atomic E-state index is 11.6. The molecule has 0 aliphatic carbocycles. The summed E-state index contributed by atoms with van der Waals surface area (Å²) in [6.07, 6.45) is -0.964. The van der Waals surface area contributed by atoms with E-state index in [0.717, 1.165) is 0 Å². The van der Waals surface area contributed by atoms with Gasteiger partial charge in [0, 0.05) is 0 Å². The topological polar surface area (TPSA) is 78.6 Å². The lowest BCUT2D eigenvalue weighted by atomic mass is 10.0. The lowest BCUT2D eigenvalue weighted by Gasteiger charge is -2.28. The molecule has 3 atom stereocenters.